The van der Waals surface area contributed by atoms with E-state index in [0.717, 1.165) is 11.1 Å². The molecule has 1 aliphatic rings. The van der Waals surface area contributed by atoms with Crippen molar-refractivity contribution < 1.29 is 9.53 Å². The van der Waals surface area contributed by atoms with Crippen LogP contribution in [-0.4, -0.2) is 12.6 Å². The second-order valence-corrected chi connectivity index (χ2v) is 4.78. The molecular formula is C16H24O2. The van der Waals surface area contributed by atoms with Crippen LogP contribution in [0.25, 0.3) is 0 Å². The first kappa shape index (κ1) is 14.7. The van der Waals surface area contributed by atoms with E-state index in [0.29, 0.717) is 18.1 Å². The van der Waals surface area contributed by atoms with Crippen molar-refractivity contribution >= 4 is 5.97 Å². The first-order valence-corrected chi connectivity index (χ1v) is 6.83. The van der Waals surface area contributed by atoms with Crippen molar-refractivity contribution in [3.05, 3.63) is 34.4 Å². The highest BCUT2D eigenvalue weighted by Crippen LogP contribution is 2.29. The fraction of sp³-hybridized carbons (Fsp3) is 0.562. The third kappa shape index (κ3) is 3.86. The minimum absolute atomic E-state index is 0.182. The maximum atomic E-state index is 11.8. The van der Waals surface area contributed by atoms with E-state index in [4.69, 9.17) is 4.74 Å². The molecule has 1 fully saturated rings. The highest BCUT2D eigenvalue weighted by molar-refractivity contribution is 5.90. The van der Waals surface area contributed by atoms with Gasteiger partial charge in [0.05, 0.1) is 12.2 Å². The smallest absolute Gasteiger partial charge is 0.338 e. The van der Waals surface area contributed by atoms with Gasteiger partial charge in [-0.2, -0.15) is 0 Å². The van der Waals surface area contributed by atoms with Crippen molar-refractivity contribution in [1.82, 2.24) is 0 Å². The number of hydrogen-bond acceptors (Lipinski definition) is 2. The molecule has 0 saturated heterocycles. The predicted octanol–water partition coefficient (Wildman–Crippen LogP) is 4.20. The fourth-order valence-electron chi connectivity index (χ4n) is 1.71. The Bertz CT molecular complexity index is 394. The minimum atomic E-state index is -0.182. The number of carbonyl (C=O) groups is 1. The summed E-state index contributed by atoms with van der Waals surface area (Å²) in [4.78, 5) is 11.8. The number of carbonyl (C=O) groups excluding carboxylic acids is 1. The minimum Gasteiger partial charge on any atom is -0.462 e. The van der Waals surface area contributed by atoms with Gasteiger partial charge in [0.25, 0.3) is 0 Å². The number of hydrogen-bond donors (Lipinski definition) is 0. The van der Waals surface area contributed by atoms with E-state index < -0.39 is 0 Å². The Morgan fingerprint density at radius 2 is 1.67 bits per heavy atom. The maximum absolute atomic E-state index is 11.8. The molecule has 1 aliphatic carbocycles. The van der Waals surface area contributed by atoms with Crippen LogP contribution in [0.3, 0.4) is 0 Å². The molecular weight excluding hydrogens is 224 g/mol. The second-order valence-electron chi connectivity index (χ2n) is 4.78. The largest absolute Gasteiger partial charge is 0.462 e. The van der Waals surface area contributed by atoms with E-state index >= 15 is 0 Å². The van der Waals surface area contributed by atoms with Gasteiger partial charge in [0.1, 0.15) is 0 Å². The first-order valence-electron chi connectivity index (χ1n) is 6.83. The second kappa shape index (κ2) is 6.58. The Labute approximate surface area is 110 Å². The van der Waals surface area contributed by atoms with Crippen LogP contribution in [0.1, 0.15) is 53.7 Å². The van der Waals surface area contributed by atoms with Crippen LogP contribution >= 0.6 is 0 Å². The van der Waals surface area contributed by atoms with Crippen molar-refractivity contribution in [1.29, 1.82) is 0 Å². The van der Waals surface area contributed by atoms with Crippen LogP contribution in [-0.2, 0) is 4.74 Å². The average molecular weight is 248 g/mol. The zero-order chi connectivity index (χ0) is 13.7. The normalized spacial score (nSPS) is 13.6. The van der Waals surface area contributed by atoms with Gasteiger partial charge in [0.2, 0.25) is 0 Å². The molecule has 1 aromatic carbocycles. The summed E-state index contributed by atoms with van der Waals surface area (Å²) in [5.74, 6) is 0.440. The quantitative estimate of drug-likeness (QED) is 0.749. The number of aryl methyl sites for hydroxylation is 2. The van der Waals surface area contributed by atoms with Crippen molar-refractivity contribution in [2.45, 2.75) is 47.5 Å². The summed E-state index contributed by atoms with van der Waals surface area (Å²) in [5, 5.41) is 0. The Morgan fingerprint density at radius 1 is 1.17 bits per heavy atom. The molecule has 0 atom stereocenters. The molecule has 100 valence electrons. The van der Waals surface area contributed by atoms with Crippen LogP contribution in [0.15, 0.2) is 12.1 Å². The lowest BCUT2D eigenvalue weighted by Gasteiger charge is -2.09. The number of ether oxygens (including phenoxy) is 1. The Kier molecular flexibility index (Phi) is 5.39. The molecule has 2 nitrogen and oxygen atoms in total. The van der Waals surface area contributed by atoms with Gasteiger partial charge in [-0.1, -0.05) is 13.8 Å². The lowest BCUT2D eigenvalue weighted by molar-refractivity contribution is 0.0486. The van der Waals surface area contributed by atoms with E-state index in [9.17, 15) is 4.79 Å². The van der Waals surface area contributed by atoms with Crippen molar-refractivity contribution in [2.75, 3.05) is 6.61 Å². The van der Waals surface area contributed by atoms with Crippen molar-refractivity contribution in [3.8, 4) is 0 Å². The van der Waals surface area contributed by atoms with Crippen molar-refractivity contribution in [3.63, 3.8) is 0 Å². The summed E-state index contributed by atoms with van der Waals surface area (Å²) in [6.45, 7) is 10.7. The SMILES string of the molecule is CC.Cc1cc(C(=O)OCC2CC2)cc(C)c1C. The average Bonchev–Trinajstić information content (AvgIpc) is 3.19. The summed E-state index contributed by atoms with van der Waals surface area (Å²) in [5.41, 5.74) is 4.23. The molecule has 18 heavy (non-hydrogen) atoms. The zero-order valence-corrected chi connectivity index (χ0v) is 12.2. The predicted molar refractivity (Wildman–Crippen MR) is 75.0 cm³/mol. The van der Waals surface area contributed by atoms with E-state index in [2.05, 4.69) is 6.92 Å². The zero-order valence-electron chi connectivity index (χ0n) is 12.2. The molecule has 1 saturated carbocycles. The molecule has 0 amide bonds. The van der Waals surface area contributed by atoms with Gasteiger partial charge >= 0.3 is 5.97 Å². The van der Waals surface area contributed by atoms with Crippen LogP contribution in [0.4, 0.5) is 0 Å². The van der Waals surface area contributed by atoms with Gasteiger partial charge in [-0.15, -0.1) is 0 Å². The van der Waals surface area contributed by atoms with Crippen LogP contribution in [0.5, 0.6) is 0 Å². The number of benzene rings is 1. The Balaban J connectivity index is 0.000000771. The van der Waals surface area contributed by atoms with E-state index in [1.54, 1.807) is 0 Å². The molecule has 0 spiro atoms. The summed E-state index contributed by atoms with van der Waals surface area (Å²) in [6.07, 6.45) is 2.42. The summed E-state index contributed by atoms with van der Waals surface area (Å²) in [6, 6.07) is 3.83. The van der Waals surface area contributed by atoms with Gasteiger partial charge in [0.15, 0.2) is 0 Å². The molecule has 1 aromatic rings. The summed E-state index contributed by atoms with van der Waals surface area (Å²) in [7, 11) is 0. The highest BCUT2D eigenvalue weighted by Gasteiger charge is 2.23. The number of rotatable bonds is 3. The standard InChI is InChI=1S/C14H18O2.C2H6/c1-9-6-13(7-10(2)11(9)3)14(15)16-8-12-4-5-12;1-2/h6-7,12H,4-5,8H2,1-3H3;1-2H3. The topological polar surface area (TPSA) is 26.3 Å². The fourth-order valence-corrected chi connectivity index (χ4v) is 1.71. The molecule has 0 aliphatic heterocycles. The molecule has 0 heterocycles. The molecule has 2 rings (SSSR count). The van der Waals surface area contributed by atoms with Gasteiger partial charge < -0.3 is 4.74 Å². The molecule has 0 unspecified atom stereocenters. The van der Waals surface area contributed by atoms with Gasteiger partial charge in [-0.05, 0) is 68.4 Å². The third-order valence-electron chi connectivity index (χ3n) is 3.31. The monoisotopic (exact) mass is 248 g/mol. The Morgan fingerprint density at radius 3 is 2.11 bits per heavy atom. The first-order chi connectivity index (χ1) is 8.58. The lowest BCUT2D eigenvalue weighted by Crippen LogP contribution is -2.08. The molecule has 0 radical (unpaired) electrons. The number of esters is 1. The molecule has 2 heteroatoms. The van der Waals surface area contributed by atoms with Crippen molar-refractivity contribution in [2.24, 2.45) is 5.92 Å². The molecule has 0 bridgehead atoms. The van der Waals surface area contributed by atoms with E-state index in [1.165, 1.54) is 18.4 Å². The highest BCUT2D eigenvalue weighted by atomic mass is 16.5. The lowest BCUT2D eigenvalue weighted by atomic mass is 10.0. The molecule has 0 N–H and O–H groups in total. The van der Waals surface area contributed by atoms with Gasteiger partial charge in [0, 0.05) is 0 Å². The van der Waals surface area contributed by atoms with Gasteiger partial charge in [-0.25, -0.2) is 4.79 Å². The van der Waals surface area contributed by atoms with Crippen LogP contribution in [0, 0.1) is 26.7 Å². The van der Waals surface area contributed by atoms with E-state index in [-0.39, 0.29) is 5.97 Å². The van der Waals surface area contributed by atoms with Crippen LogP contribution in [0.2, 0.25) is 0 Å². The van der Waals surface area contributed by atoms with Crippen LogP contribution < -0.4 is 0 Å². The third-order valence-corrected chi connectivity index (χ3v) is 3.31. The molecule has 0 aromatic heterocycles. The van der Waals surface area contributed by atoms with E-state index in [1.807, 2.05) is 39.8 Å². The van der Waals surface area contributed by atoms with Gasteiger partial charge in [-0.3, -0.25) is 0 Å². The Hall–Kier alpha value is -1.31. The maximum Gasteiger partial charge on any atom is 0.338 e. The summed E-state index contributed by atoms with van der Waals surface area (Å²) >= 11 is 0. The summed E-state index contributed by atoms with van der Waals surface area (Å²) < 4.78 is 5.26.